The van der Waals surface area contributed by atoms with Gasteiger partial charge in [0.2, 0.25) is 5.55 Å². The van der Waals surface area contributed by atoms with Gasteiger partial charge in [0.1, 0.15) is 16.1 Å². The molecular formula is C28H25BrN2O4S. The van der Waals surface area contributed by atoms with Gasteiger partial charge in [-0.2, -0.15) is 0 Å². The van der Waals surface area contributed by atoms with Crippen LogP contribution in [0.3, 0.4) is 0 Å². The first-order valence-electron chi connectivity index (χ1n) is 11.9. The van der Waals surface area contributed by atoms with Crippen molar-refractivity contribution in [1.29, 1.82) is 0 Å². The Morgan fingerprint density at radius 3 is 2.67 bits per heavy atom. The molecule has 2 heterocycles. The van der Waals surface area contributed by atoms with Crippen LogP contribution in [0.25, 0.3) is 11.0 Å². The van der Waals surface area contributed by atoms with Gasteiger partial charge in [-0.1, -0.05) is 33.6 Å². The standard InChI is InChI=1S/C28H25BrN2O4S/c1-3-34-28(33)24-20-6-4-5-7-23(20)36-27(24)31-26-21(15-17-14-18(29)10-13-22(17)35-26)25(32)30-19-11-8-16(2)9-12-19/h8-15H,3-7H2,1-2H3,(H,30,32). The number of hydrogen-bond acceptors (Lipinski definition) is 6. The van der Waals surface area contributed by atoms with Crippen molar-refractivity contribution in [3.63, 3.8) is 0 Å². The number of halogens is 1. The summed E-state index contributed by atoms with van der Waals surface area (Å²) >= 11 is 4.96. The second kappa shape index (κ2) is 10.4. The molecular weight excluding hydrogens is 540 g/mol. The van der Waals surface area contributed by atoms with Crippen LogP contribution in [0, 0.1) is 6.92 Å². The number of rotatable bonds is 5. The zero-order valence-corrected chi connectivity index (χ0v) is 22.4. The summed E-state index contributed by atoms with van der Waals surface area (Å²) in [6, 6.07) is 14.9. The van der Waals surface area contributed by atoms with Crippen molar-refractivity contribution in [2.45, 2.75) is 39.5 Å². The number of benzene rings is 2. The van der Waals surface area contributed by atoms with Gasteiger partial charge < -0.3 is 14.5 Å². The number of carbonyl (C=O) groups excluding carboxylic acids is 2. The van der Waals surface area contributed by atoms with Crippen molar-refractivity contribution in [3.05, 3.63) is 85.7 Å². The Balaban J connectivity index is 1.68. The summed E-state index contributed by atoms with van der Waals surface area (Å²) in [7, 11) is 0. The number of anilines is 1. The molecule has 0 unspecified atom stereocenters. The first-order chi connectivity index (χ1) is 17.4. The Morgan fingerprint density at radius 1 is 1.11 bits per heavy atom. The third kappa shape index (κ3) is 5.01. The smallest absolute Gasteiger partial charge is 0.341 e. The molecule has 0 fully saturated rings. The third-order valence-electron chi connectivity index (χ3n) is 6.10. The van der Waals surface area contributed by atoms with Crippen LogP contribution in [0.5, 0.6) is 0 Å². The fourth-order valence-corrected chi connectivity index (χ4v) is 5.94. The van der Waals surface area contributed by atoms with E-state index in [0.29, 0.717) is 21.8 Å². The molecule has 1 aliphatic rings. The second-order valence-corrected chi connectivity index (χ2v) is 10.7. The Hall–Kier alpha value is -3.23. The van der Waals surface area contributed by atoms with Crippen LogP contribution in [-0.2, 0) is 17.6 Å². The number of nitrogens with zero attached hydrogens (tertiary/aromatic N) is 1. The monoisotopic (exact) mass is 564 g/mol. The van der Waals surface area contributed by atoms with Gasteiger partial charge >= 0.3 is 5.97 Å². The van der Waals surface area contributed by atoms with Crippen LogP contribution in [0.1, 0.15) is 56.5 Å². The van der Waals surface area contributed by atoms with Crippen LogP contribution in [-0.4, -0.2) is 18.5 Å². The molecule has 1 amide bonds. The summed E-state index contributed by atoms with van der Waals surface area (Å²) in [4.78, 5) is 32.3. The number of amides is 1. The first kappa shape index (κ1) is 24.5. The predicted octanol–water partition coefficient (Wildman–Crippen LogP) is 7.11. The minimum atomic E-state index is -0.383. The van der Waals surface area contributed by atoms with Crippen molar-refractivity contribution in [2.24, 2.45) is 4.99 Å². The number of nitrogens with one attached hydrogen (secondary N) is 1. The van der Waals surface area contributed by atoms with Crippen molar-refractivity contribution in [2.75, 3.05) is 11.9 Å². The summed E-state index contributed by atoms with van der Waals surface area (Å²) < 4.78 is 12.4. The number of esters is 1. The van der Waals surface area contributed by atoms with E-state index < -0.39 is 0 Å². The maximum Gasteiger partial charge on any atom is 0.341 e. The molecule has 36 heavy (non-hydrogen) atoms. The minimum Gasteiger partial charge on any atom is -0.462 e. The highest BCUT2D eigenvalue weighted by Gasteiger charge is 2.27. The lowest BCUT2D eigenvalue weighted by Gasteiger charge is -2.11. The Bertz CT molecular complexity index is 1540. The Kier molecular flexibility index (Phi) is 7.07. The van der Waals surface area contributed by atoms with E-state index >= 15 is 0 Å². The highest BCUT2D eigenvalue weighted by atomic mass is 79.9. The lowest BCUT2D eigenvalue weighted by atomic mass is 9.95. The van der Waals surface area contributed by atoms with Gasteiger partial charge in [0.25, 0.3) is 5.91 Å². The van der Waals surface area contributed by atoms with E-state index in [1.807, 2.05) is 49.4 Å². The van der Waals surface area contributed by atoms with Crippen molar-refractivity contribution in [3.8, 4) is 0 Å². The van der Waals surface area contributed by atoms with E-state index in [1.165, 1.54) is 11.3 Å². The molecule has 1 N–H and O–H groups in total. The molecule has 5 rings (SSSR count). The first-order valence-corrected chi connectivity index (χ1v) is 13.5. The molecule has 0 aliphatic heterocycles. The highest BCUT2D eigenvalue weighted by molar-refractivity contribution is 9.10. The van der Waals surface area contributed by atoms with Gasteiger partial charge in [-0.15, -0.1) is 11.3 Å². The summed E-state index contributed by atoms with van der Waals surface area (Å²) in [5.41, 5.74) is 4.29. The van der Waals surface area contributed by atoms with Gasteiger partial charge in [0.15, 0.2) is 0 Å². The lowest BCUT2D eigenvalue weighted by molar-refractivity contribution is 0.0526. The van der Waals surface area contributed by atoms with E-state index in [-0.39, 0.29) is 29.6 Å². The van der Waals surface area contributed by atoms with Crippen LogP contribution < -0.4 is 10.9 Å². The molecule has 4 aromatic rings. The molecule has 0 bridgehead atoms. The molecule has 0 spiro atoms. The van der Waals surface area contributed by atoms with Gasteiger partial charge in [-0.25, -0.2) is 9.79 Å². The fraction of sp³-hybridized carbons (Fsp3) is 0.250. The van der Waals surface area contributed by atoms with E-state index in [1.54, 1.807) is 13.0 Å². The highest BCUT2D eigenvalue weighted by Crippen LogP contribution is 2.40. The fourth-order valence-electron chi connectivity index (χ4n) is 4.32. The van der Waals surface area contributed by atoms with E-state index in [2.05, 4.69) is 21.2 Å². The van der Waals surface area contributed by atoms with Crippen LogP contribution >= 0.6 is 27.3 Å². The molecule has 2 aromatic heterocycles. The number of aryl methyl sites for hydroxylation is 2. The number of carbonyl (C=O) groups is 2. The van der Waals surface area contributed by atoms with Gasteiger partial charge in [-0.3, -0.25) is 4.79 Å². The summed E-state index contributed by atoms with van der Waals surface area (Å²) in [5.74, 6) is -0.728. The summed E-state index contributed by atoms with van der Waals surface area (Å²) in [6.45, 7) is 4.06. The van der Waals surface area contributed by atoms with E-state index in [9.17, 15) is 9.59 Å². The zero-order valence-electron chi connectivity index (χ0n) is 20.0. The number of thiophene rings is 1. The molecule has 0 saturated heterocycles. The SMILES string of the molecule is CCOC(=O)c1c(N=c2oc3ccc(Br)cc3cc2C(=O)Nc2ccc(C)cc2)sc2c1CCCC2. The quantitative estimate of drug-likeness (QED) is 0.262. The summed E-state index contributed by atoms with van der Waals surface area (Å²) in [5, 5.41) is 4.21. The lowest BCUT2D eigenvalue weighted by Crippen LogP contribution is -2.21. The predicted molar refractivity (Wildman–Crippen MR) is 145 cm³/mol. The number of ether oxygens (including phenoxy) is 1. The van der Waals surface area contributed by atoms with Crippen molar-refractivity contribution < 1.29 is 18.7 Å². The topological polar surface area (TPSA) is 80.9 Å². The van der Waals surface area contributed by atoms with Crippen molar-refractivity contribution >= 4 is 60.8 Å². The van der Waals surface area contributed by atoms with Crippen molar-refractivity contribution in [1.82, 2.24) is 0 Å². The zero-order chi connectivity index (χ0) is 25.2. The molecule has 0 saturated carbocycles. The molecule has 6 nitrogen and oxygen atoms in total. The van der Waals surface area contributed by atoms with E-state index in [0.717, 1.165) is 51.5 Å². The largest absolute Gasteiger partial charge is 0.462 e. The second-order valence-electron chi connectivity index (χ2n) is 8.69. The summed E-state index contributed by atoms with van der Waals surface area (Å²) in [6.07, 6.45) is 3.83. The molecule has 1 aliphatic carbocycles. The van der Waals surface area contributed by atoms with E-state index in [4.69, 9.17) is 14.1 Å². The number of fused-ring (bicyclic) bond motifs is 2. The Morgan fingerprint density at radius 2 is 1.89 bits per heavy atom. The minimum absolute atomic E-state index is 0.151. The normalized spacial score (nSPS) is 13.5. The van der Waals surface area contributed by atoms with Crippen LogP contribution in [0.4, 0.5) is 10.7 Å². The third-order valence-corrected chi connectivity index (χ3v) is 7.78. The average molecular weight is 565 g/mol. The van der Waals surface area contributed by atoms with Gasteiger partial charge in [0.05, 0.1) is 12.2 Å². The molecule has 2 aromatic carbocycles. The molecule has 8 heteroatoms. The van der Waals surface area contributed by atoms with Crippen LogP contribution in [0.15, 0.2) is 62.4 Å². The van der Waals surface area contributed by atoms with Gasteiger partial charge in [0, 0.05) is 20.4 Å². The van der Waals surface area contributed by atoms with Gasteiger partial charge in [-0.05, 0) is 81.5 Å². The molecule has 0 radical (unpaired) electrons. The average Bonchev–Trinajstić information content (AvgIpc) is 3.23. The number of hydrogen-bond donors (Lipinski definition) is 1. The van der Waals surface area contributed by atoms with Crippen LogP contribution in [0.2, 0.25) is 0 Å². The maximum atomic E-state index is 13.4. The molecule has 0 atom stereocenters. The Labute approximate surface area is 221 Å². The molecule has 184 valence electrons. The maximum absolute atomic E-state index is 13.4.